The summed E-state index contributed by atoms with van der Waals surface area (Å²) < 4.78 is 5.51. The fraction of sp³-hybridized carbons (Fsp3) is 0.222. The van der Waals surface area contributed by atoms with Gasteiger partial charge in [-0.2, -0.15) is 0 Å². The van der Waals surface area contributed by atoms with Gasteiger partial charge < -0.3 is 4.74 Å². The average molecular weight is 257 g/mol. The molecule has 0 aliphatic heterocycles. The molecule has 1 aromatic rings. The van der Waals surface area contributed by atoms with E-state index < -0.39 is 6.09 Å². The summed E-state index contributed by atoms with van der Waals surface area (Å²) in [5.41, 5.74) is 0. The number of nitrogens with one attached hydrogen (secondary N) is 1. The van der Waals surface area contributed by atoms with Crippen LogP contribution in [0.3, 0.4) is 0 Å². The maximum Gasteiger partial charge on any atom is 0.413 e. The molecule has 0 saturated heterocycles. The number of ether oxygens (including phenoxy) is 1. The topological polar surface area (TPSA) is 64.1 Å². The molecule has 0 atom stereocenters. The van der Waals surface area contributed by atoms with E-state index in [1.54, 1.807) is 6.08 Å². The number of carbonyl (C=O) groups excluding carboxylic acids is 1. The molecule has 1 amide bonds. The summed E-state index contributed by atoms with van der Waals surface area (Å²) in [6.45, 7) is 7.20. The molecule has 0 fully saturated rings. The molecular weight excluding hydrogens is 246 g/mol. The number of carbonyl (C=O) groups is 1. The Morgan fingerprint density at radius 1 is 1.50 bits per heavy atom. The molecule has 1 N–H and O–H groups in total. The Labute approximate surface area is 102 Å². The number of hydrogen-bond donors (Lipinski definition) is 1. The van der Waals surface area contributed by atoms with E-state index in [2.05, 4.69) is 28.7 Å². The van der Waals surface area contributed by atoms with Gasteiger partial charge in [0.1, 0.15) is 6.61 Å². The summed E-state index contributed by atoms with van der Waals surface area (Å²) in [5, 5.41) is 10.6. The Bertz CT molecular complexity index is 379. The first-order valence-corrected chi connectivity index (χ1v) is 6.18. The lowest BCUT2D eigenvalue weighted by Crippen LogP contribution is -2.13. The zero-order valence-corrected chi connectivity index (χ0v) is 10.1. The van der Waals surface area contributed by atoms with Crippen molar-refractivity contribution < 1.29 is 9.53 Å². The lowest BCUT2D eigenvalue weighted by atomic mass is 10.7. The second-order valence-electron chi connectivity index (χ2n) is 2.48. The first kappa shape index (κ1) is 12.7. The predicted molar refractivity (Wildman–Crippen MR) is 66.0 cm³/mol. The summed E-state index contributed by atoms with van der Waals surface area (Å²) in [6.07, 6.45) is 2.71. The first-order chi connectivity index (χ1) is 7.76. The van der Waals surface area contributed by atoms with E-state index in [9.17, 15) is 4.79 Å². The largest absolute Gasteiger partial charge is 0.445 e. The third-order valence-electron chi connectivity index (χ3n) is 1.27. The van der Waals surface area contributed by atoms with Crippen LogP contribution in [-0.4, -0.2) is 28.7 Å². The number of nitrogens with zero attached hydrogens (tertiary/aromatic N) is 2. The summed E-state index contributed by atoms with van der Waals surface area (Å²) in [7, 11) is 0. The van der Waals surface area contributed by atoms with Crippen molar-refractivity contribution in [2.75, 3.05) is 17.7 Å². The second-order valence-corrected chi connectivity index (χ2v) is 4.73. The van der Waals surface area contributed by atoms with Crippen molar-refractivity contribution >= 4 is 34.3 Å². The molecule has 1 heterocycles. The van der Waals surface area contributed by atoms with E-state index in [1.807, 2.05) is 0 Å². The van der Waals surface area contributed by atoms with E-state index in [4.69, 9.17) is 4.74 Å². The van der Waals surface area contributed by atoms with E-state index in [-0.39, 0.29) is 6.61 Å². The highest BCUT2D eigenvalue weighted by atomic mass is 32.2. The van der Waals surface area contributed by atoms with Crippen LogP contribution < -0.4 is 5.32 Å². The molecule has 0 aliphatic carbocycles. The van der Waals surface area contributed by atoms with Gasteiger partial charge in [-0.3, -0.25) is 5.32 Å². The molecule has 0 saturated carbocycles. The molecule has 0 aromatic carbocycles. The molecule has 86 valence electrons. The Hall–Kier alpha value is -1.34. The molecule has 0 spiro atoms. The molecule has 0 unspecified atom stereocenters. The van der Waals surface area contributed by atoms with Gasteiger partial charge in [0, 0.05) is 5.75 Å². The Morgan fingerprint density at radius 3 is 3.00 bits per heavy atom. The lowest BCUT2D eigenvalue weighted by molar-refractivity contribution is 0.174. The van der Waals surface area contributed by atoms with Crippen LogP contribution in [0.25, 0.3) is 0 Å². The molecule has 0 radical (unpaired) electrons. The fourth-order valence-electron chi connectivity index (χ4n) is 0.707. The van der Waals surface area contributed by atoms with Crippen molar-refractivity contribution in [3.8, 4) is 0 Å². The predicted octanol–water partition coefficient (Wildman–Crippen LogP) is 2.55. The third-order valence-corrected chi connectivity index (χ3v) is 3.24. The summed E-state index contributed by atoms with van der Waals surface area (Å²) in [4.78, 5) is 11.1. The zero-order valence-electron chi connectivity index (χ0n) is 8.51. The van der Waals surface area contributed by atoms with Gasteiger partial charge in [-0.25, -0.2) is 4.79 Å². The van der Waals surface area contributed by atoms with Gasteiger partial charge in [-0.15, -0.1) is 16.8 Å². The fourth-order valence-corrected chi connectivity index (χ4v) is 2.21. The van der Waals surface area contributed by atoms with Crippen molar-refractivity contribution in [2.45, 2.75) is 4.34 Å². The molecule has 1 rings (SSSR count). The third kappa shape index (κ3) is 4.45. The molecule has 0 aliphatic rings. The van der Waals surface area contributed by atoms with Gasteiger partial charge >= 0.3 is 6.09 Å². The van der Waals surface area contributed by atoms with Crippen LogP contribution >= 0.6 is 23.1 Å². The van der Waals surface area contributed by atoms with Crippen LogP contribution in [0, 0.1) is 0 Å². The van der Waals surface area contributed by atoms with Crippen LogP contribution in [0.4, 0.5) is 9.93 Å². The van der Waals surface area contributed by atoms with E-state index in [1.165, 1.54) is 29.2 Å². The van der Waals surface area contributed by atoms with E-state index in [0.717, 1.165) is 10.1 Å². The first-order valence-electron chi connectivity index (χ1n) is 4.38. The second kappa shape index (κ2) is 7.02. The standard InChI is InChI=1S/C9H11N3O2S2/c1-3-5-14-8(13)10-7-11-12-9(16-7)15-6-4-2/h3-4H,1-2,5-6H2,(H,10,11,13). The molecule has 7 heteroatoms. The van der Waals surface area contributed by atoms with Crippen LogP contribution in [0.5, 0.6) is 0 Å². The van der Waals surface area contributed by atoms with Crippen molar-refractivity contribution in [3.05, 3.63) is 25.3 Å². The number of thioether (sulfide) groups is 1. The van der Waals surface area contributed by atoms with Crippen molar-refractivity contribution in [1.82, 2.24) is 10.2 Å². The van der Waals surface area contributed by atoms with Crippen LogP contribution in [0.1, 0.15) is 0 Å². The number of rotatable bonds is 6. The summed E-state index contributed by atoms with van der Waals surface area (Å²) >= 11 is 2.79. The molecule has 16 heavy (non-hydrogen) atoms. The van der Waals surface area contributed by atoms with Gasteiger partial charge in [0.15, 0.2) is 4.34 Å². The lowest BCUT2D eigenvalue weighted by Gasteiger charge is -1.99. The smallest absolute Gasteiger partial charge is 0.413 e. The molecule has 1 aromatic heterocycles. The highest BCUT2D eigenvalue weighted by Gasteiger charge is 2.08. The van der Waals surface area contributed by atoms with Gasteiger partial charge in [0.25, 0.3) is 0 Å². The Morgan fingerprint density at radius 2 is 2.31 bits per heavy atom. The number of anilines is 1. The molecule has 5 nitrogen and oxygen atoms in total. The van der Waals surface area contributed by atoms with Gasteiger partial charge in [-0.05, 0) is 0 Å². The molecular formula is C9H11N3O2S2. The molecule has 0 bridgehead atoms. The maximum atomic E-state index is 11.1. The van der Waals surface area contributed by atoms with Gasteiger partial charge in [0.05, 0.1) is 0 Å². The quantitative estimate of drug-likeness (QED) is 0.482. The number of aromatic nitrogens is 2. The minimum Gasteiger partial charge on any atom is -0.445 e. The number of hydrogen-bond acceptors (Lipinski definition) is 6. The van der Waals surface area contributed by atoms with E-state index in [0.29, 0.717) is 5.13 Å². The van der Waals surface area contributed by atoms with Gasteiger partial charge in [0.2, 0.25) is 5.13 Å². The SMILES string of the molecule is C=CCOC(=O)Nc1nnc(SCC=C)s1. The highest BCUT2D eigenvalue weighted by Crippen LogP contribution is 2.25. The average Bonchev–Trinajstić information content (AvgIpc) is 2.71. The summed E-state index contributed by atoms with van der Waals surface area (Å²) in [6, 6.07) is 0. The van der Waals surface area contributed by atoms with Crippen LogP contribution in [0.2, 0.25) is 0 Å². The van der Waals surface area contributed by atoms with Crippen molar-refractivity contribution in [3.63, 3.8) is 0 Å². The Kier molecular flexibility index (Phi) is 5.58. The monoisotopic (exact) mass is 257 g/mol. The van der Waals surface area contributed by atoms with Crippen LogP contribution in [-0.2, 0) is 4.74 Å². The van der Waals surface area contributed by atoms with Gasteiger partial charge in [-0.1, -0.05) is 41.8 Å². The minimum absolute atomic E-state index is 0.169. The normalized spacial score (nSPS) is 9.50. The van der Waals surface area contributed by atoms with Crippen molar-refractivity contribution in [2.24, 2.45) is 0 Å². The van der Waals surface area contributed by atoms with E-state index >= 15 is 0 Å². The highest BCUT2D eigenvalue weighted by molar-refractivity contribution is 8.01. The Balaban J connectivity index is 2.41. The zero-order chi connectivity index (χ0) is 11.8. The maximum absolute atomic E-state index is 11.1. The van der Waals surface area contributed by atoms with Crippen molar-refractivity contribution in [1.29, 1.82) is 0 Å². The van der Waals surface area contributed by atoms with Crippen LogP contribution in [0.15, 0.2) is 29.6 Å². The minimum atomic E-state index is -0.559. The number of amides is 1. The summed E-state index contributed by atoms with van der Waals surface area (Å²) in [5.74, 6) is 0.759.